The number of rotatable bonds is 20. The molecule has 1 aromatic heterocycles. The van der Waals surface area contributed by atoms with Crippen LogP contribution in [0.15, 0.2) is 30.6 Å². The van der Waals surface area contributed by atoms with Gasteiger partial charge in [-0.05, 0) is 61.1 Å². The largest absolute Gasteiger partial charge is 0.236 e. The summed E-state index contributed by atoms with van der Waals surface area (Å²) < 4.78 is 0. The second-order valence-corrected chi connectivity index (χ2v) is 12.8. The van der Waals surface area contributed by atoms with Gasteiger partial charge in [0, 0.05) is 18.0 Å². The number of nitrogens with zero attached hydrogens (tertiary/aromatic N) is 2. The Balaban J connectivity index is 1.32. The molecule has 1 aliphatic rings. The van der Waals surface area contributed by atoms with Gasteiger partial charge < -0.3 is 0 Å². The van der Waals surface area contributed by atoms with E-state index in [1.165, 1.54) is 157 Å². The molecule has 1 saturated carbocycles. The first-order valence-electron chi connectivity index (χ1n) is 17.1. The van der Waals surface area contributed by atoms with Crippen molar-refractivity contribution in [3.8, 4) is 11.4 Å². The van der Waals surface area contributed by atoms with Crippen LogP contribution in [0, 0.1) is 18.8 Å². The standard InChI is InChI=1S/C37H60N2/c1-4-6-8-10-12-14-16-18-32-20-22-33(23-21-32)24-25-34-26-27-36(31(3)28-34)37-38-29-35(30-39-37)19-17-15-13-11-9-7-5-2/h26-30,32-33H,4-25H2,1-3H3. The van der Waals surface area contributed by atoms with E-state index in [2.05, 4.69) is 51.4 Å². The number of benzene rings is 1. The van der Waals surface area contributed by atoms with Gasteiger partial charge in [0.2, 0.25) is 0 Å². The van der Waals surface area contributed by atoms with Gasteiger partial charge in [0.15, 0.2) is 5.82 Å². The van der Waals surface area contributed by atoms with Crippen LogP contribution in [0.1, 0.15) is 159 Å². The Labute approximate surface area is 242 Å². The van der Waals surface area contributed by atoms with E-state index in [0.717, 1.165) is 24.1 Å². The van der Waals surface area contributed by atoms with Crippen LogP contribution >= 0.6 is 0 Å². The Morgan fingerprint density at radius 1 is 0.590 bits per heavy atom. The molecule has 0 unspecified atom stereocenters. The molecule has 0 bridgehead atoms. The van der Waals surface area contributed by atoms with E-state index in [-0.39, 0.29) is 0 Å². The first-order valence-corrected chi connectivity index (χ1v) is 17.1. The first-order chi connectivity index (χ1) is 19.2. The summed E-state index contributed by atoms with van der Waals surface area (Å²) in [6.45, 7) is 6.81. The van der Waals surface area contributed by atoms with Gasteiger partial charge in [-0.25, -0.2) is 9.97 Å². The summed E-state index contributed by atoms with van der Waals surface area (Å²) in [4.78, 5) is 9.47. The van der Waals surface area contributed by atoms with Gasteiger partial charge in [0.1, 0.15) is 0 Å². The van der Waals surface area contributed by atoms with Crippen molar-refractivity contribution in [2.75, 3.05) is 0 Å². The Morgan fingerprint density at radius 3 is 1.72 bits per heavy atom. The predicted molar refractivity (Wildman–Crippen MR) is 170 cm³/mol. The molecule has 2 heteroatoms. The molecule has 1 aromatic carbocycles. The van der Waals surface area contributed by atoms with Crippen LogP contribution in [0.4, 0.5) is 0 Å². The third-order valence-electron chi connectivity index (χ3n) is 9.33. The molecule has 0 N–H and O–H groups in total. The summed E-state index contributed by atoms with van der Waals surface area (Å²) in [5.74, 6) is 2.82. The van der Waals surface area contributed by atoms with Crippen LogP contribution in [-0.4, -0.2) is 9.97 Å². The molecule has 3 rings (SSSR count). The second kappa shape index (κ2) is 19.4. The molecule has 0 atom stereocenters. The number of aromatic nitrogens is 2. The normalized spacial score (nSPS) is 17.5. The van der Waals surface area contributed by atoms with Gasteiger partial charge in [-0.2, -0.15) is 0 Å². The van der Waals surface area contributed by atoms with Crippen molar-refractivity contribution in [2.45, 2.75) is 162 Å². The topological polar surface area (TPSA) is 25.8 Å². The first kappa shape index (κ1) is 31.8. The summed E-state index contributed by atoms with van der Waals surface area (Å²) >= 11 is 0. The van der Waals surface area contributed by atoms with Crippen molar-refractivity contribution < 1.29 is 0 Å². The zero-order valence-corrected chi connectivity index (χ0v) is 26.0. The van der Waals surface area contributed by atoms with E-state index >= 15 is 0 Å². The van der Waals surface area contributed by atoms with Gasteiger partial charge >= 0.3 is 0 Å². The van der Waals surface area contributed by atoms with Crippen molar-refractivity contribution in [1.29, 1.82) is 0 Å². The van der Waals surface area contributed by atoms with Crippen LogP contribution in [0.25, 0.3) is 11.4 Å². The summed E-state index contributed by atoms with van der Waals surface area (Å²) in [5.41, 5.74) is 5.26. The summed E-state index contributed by atoms with van der Waals surface area (Å²) in [5, 5.41) is 0. The van der Waals surface area contributed by atoms with E-state index in [0.29, 0.717) is 0 Å². The lowest BCUT2D eigenvalue weighted by Gasteiger charge is -2.28. The zero-order chi connectivity index (χ0) is 27.5. The van der Waals surface area contributed by atoms with Gasteiger partial charge in [-0.1, -0.05) is 148 Å². The third kappa shape index (κ3) is 12.6. The number of hydrogen-bond donors (Lipinski definition) is 0. The molecular weight excluding hydrogens is 472 g/mol. The molecule has 1 fully saturated rings. The number of unbranched alkanes of at least 4 members (excludes halogenated alkanes) is 12. The molecule has 0 radical (unpaired) electrons. The molecule has 0 saturated heterocycles. The highest BCUT2D eigenvalue weighted by atomic mass is 14.9. The molecule has 1 heterocycles. The fourth-order valence-corrected chi connectivity index (χ4v) is 6.61. The van der Waals surface area contributed by atoms with E-state index in [4.69, 9.17) is 9.97 Å². The highest BCUT2D eigenvalue weighted by molar-refractivity contribution is 5.60. The monoisotopic (exact) mass is 532 g/mol. The Morgan fingerprint density at radius 2 is 1.13 bits per heavy atom. The highest BCUT2D eigenvalue weighted by Crippen LogP contribution is 2.34. The van der Waals surface area contributed by atoms with Crippen LogP contribution in [-0.2, 0) is 12.8 Å². The van der Waals surface area contributed by atoms with Gasteiger partial charge in [0.05, 0.1) is 0 Å². The number of aryl methyl sites for hydroxylation is 3. The minimum Gasteiger partial charge on any atom is -0.236 e. The second-order valence-electron chi connectivity index (χ2n) is 12.8. The van der Waals surface area contributed by atoms with E-state index < -0.39 is 0 Å². The lowest BCUT2D eigenvalue weighted by Crippen LogP contribution is -2.15. The van der Waals surface area contributed by atoms with Crippen LogP contribution in [0.3, 0.4) is 0 Å². The van der Waals surface area contributed by atoms with Crippen LogP contribution < -0.4 is 0 Å². The lowest BCUT2D eigenvalue weighted by atomic mass is 9.77. The summed E-state index contributed by atoms with van der Waals surface area (Å²) in [7, 11) is 0. The average molecular weight is 533 g/mol. The molecule has 2 nitrogen and oxygen atoms in total. The third-order valence-corrected chi connectivity index (χ3v) is 9.33. The Bertz CT molecular complexity index is 879. The average Bonchev–Trinajstić information content (AvgIpc) is 2.96. The minimum absolute atomic E-state index is 0.877. The molecule has 0 aliphatic heterocycles. The molecular formula is C37H60N2. The fourth-order valence-electron chi connectivity index (χ4n) is 6.61. The van der Waals surface area contributed by atoms with Gasteiger partial charge in [-0.15, -0.1) is 0 Å². The zero-order valence-electron chi connectivity index (χ0n) is 26.0. The van der Waals surface area contributed by atoms with Gasteiger partial charge in [0.25, 0.3) is 0 Å². The van der Waals surface area contributed by atoms with Crippen molar-refractivity contribution in [3.63, 3.8) is 0 Å². The molecule has 0 amide bonds. The fraction of sp³-hybridized carbons (Fsp3) is 0.730. The van der Waals surface area contributed by atoms with Crippen LogP contribution in [0.5, 0.6) is 0 Å². The van der Waals surface area contributed by atoms with Crippen molar-refractivity contribution in [1.82, 2.24) is 9.97 Å². The van der Waals surface area contributed by atoms with Crippen molar-refractivity contribution >= 4 is 0 Å². The molecule has 218 valence electrons. The highest BCUT2D eigenvalue weighted by Gasteiger charge is 2.20. The minimum atomic E-state index is 0.877. The predicted octanol–water partition coefficient (Wildman–Crippen LogP) is 11.6. The number of hydrogen-bond acceptors (Lipinski definition) is 2. The van der Waals surface area contributed by atoms with Crippen molar-refractivity contribution in [2.24, 2.45) is 11.8 Å². The van der Waals surface area contributed by atoms with E-state index in [1.54, 1.807) is 0 Å². The molecule has 2 aromatic rings. The molecule has 1 aliphatic carbocycles. The van der Waals surface area contributed by atoms with E-state index in [1.807, 2.05) is 0 Å². The van der Waals surface area contributed by atoms with E-state index in [9.17, 15) is 0 Å². The quantitative estimate of drug-likeness (QED) is 0.158. The maximum atomic E-state index is 4.74. The summed E-state index contributed by atoms with van der Waals surface area (Å²) in [6, 6.07) is 6.97. The molecule has 39 heavy (non-hydrogen) atoms. The van der Waals surface area contributed by atoms with Gasteiger partial charge in [-0.3, -0.25) is 0 Å². The van der Waals surface area contributed by atoms with Crippen LogP contribution in [0.2, 0.25) is 0 Å². The SMILES string of the molecule is CCCCCCCCCc1cnc(-c2ccc(CCC3CCC(CCCCCCCCC)CC3)cc2C)nc1. The Hall–Kier alpha value is -1.70. The Kier molecular flexibility index (Phi) is 15.8. The smallest absolute Gasteiger partial charge is 0.159 e. The molecule has 0 spiro atoms. The maximum Gasteiger partial charge on any atom is 0.159 e. The lowest BCUT2D eigenvalue weighted by molar-refractivity contribution is 0.248. The maximum absolute atomic E-state index is 4.74. The summed E-state index contributed by atoms with van der Waals surface area (Å²) in [6.07, 6.45) is 34.7. The van der Waals surface area contributed by atoms with Crippen molar-refractivity contribution in [3.05, 3.63) is 47.3 Å².